The van der Waals surface area contributed by atoms with Crippen molar-refractivity contribution < 1.29 is 0 Å². The highest BCUT2D eigenvalue weighted by atomic mass is 15.3. The van der Waals surface area contributed by atoms with E-state index in [0.717, 1.165) is 31.2 Å². The summed E-state index contributed by atoms with van der Waals surface area (Å²) in [6, 6.07) is 5.92. The van der Waals surface area contributed by atoms with Gasteiger partial charge in [-0.25, -0.2) is 4.99 Å². The summed E-state index contributed by atoms with van der Waals surface area (Å²) < 4.78 is 0. The molecule has 0 atom stereocenters. The summed E-state index contributed by atoms with van der Waals surface area (Å²) in [4.78, 5) is 11.1. The third kappa shape index (κ3) is 7.49. The van der Waals surface area contributed by atoms with E-state index in [0.29, 0.717) is 6.54 Å². The lowest BCUT2D eigenvalue weighted by molar-refractivity contribution is 0.455. The molecule has 4 heteroatoms. The number of aromatic nitrogens is 1. The predicted molar refractivity (Wildman–Crippen MR) is 90.3 cm³/mol. The Morgan fingerprint density at radius 1 is 1.38 bits per heavy atom. The number of nitrogens with one attached hydrogen (secondary N) is 1. The van der Waals surface area contributed by atoms with E-state index >= 15 is 0 Å². The number of pyridine rings is 1. The predicted octanol–water partition coefficient (Wildman–Crippen LogP) is 3.23. The summed E-state index contributed by atoms with van der Waals surface area (Å²) >= 11 is 0. The van der Waals surface area contributed by atoms with Crippen LogP contribution in [0.4, 0.5) is 0 Å². The van der Waals surface area contributed by atoms with Crippen LogP contribution < -0.4 is 5.32 Å². The van der Waals surface area contributed by atoms with Gasteiger partial charge in [-0.15, -0.1) is 6.58 Å². The van der Waals surface area contributed by atoms with Crippen molar-refractivity contribution in [2.45, 2.75) is 39.2 Å². The first-order valence-electron chi connectivity index (χ1n) is 7.78. The van der Waals surface area contributed by atoms with E-state index in [9.17, 15) is 0 Å². The Hall–Kier alpha value is -1.84. The molecule has 0 fully saturated rings. The molecular formula is C17H28N4. The van der Waals surface area contributed by atoms with Crippen molar-refractivity contribution in [1.82, 2.24) is 15.2 Å². The molecule has 0 saturated heterocycles. The van der Waals surface area contributed by atoms with Gasteiger partial charge in [0.1, 0.15) is 0 Å². The van der Waals surface area contributed by atoms with Crippen LogP contribution in [0.2, 0.25) is 0 Å². The average molecular weight is 288 g/mol. The Morgan fingerprint density at radius 3 is 2.90 bits per heavy atom. The second kappa shape index (κ2) is 10.9. The van der Waals surface area contributed by atoms with Crippen LogP contribution in [-0.2, 0) is 6.54 Å². The SMILES string of the molecule is C=CCCCCCN(C)C(=NCc1ccccn1)NCC. The standard InChI is InChI=1S/C17H28N4/c1-4-6-7-8-11-14-21(3)17(18-5-2)20-15-16-12-9-10-13-19-16/h4,9-10,12-13H,1,5-8,11,14-15H2,2-3H3,(H,18,20). The summed E-state index contributed by atoms with van der Waals surface area (Å²) in [5.74, 6) is 0.951. The molecule has 0 radical (unpaired) electrons. The average Bonchev–Trinajstić information content (AvgIpc) is 2.52. The maximum absolute atomic E-state index is 4.65. The molecular weight excluding hydrogens is 260 g/mol. The molecule has 4 nitrogen and oxygen atoms in total. The van der Waals surface area contributed by atoms with E-state index in [2.05, 4.69) is 40.7 Å². The maximum atomic E-state index is 4.65. The number of allylic oxidation sites excluding steroid dienone is 1. The quantitative estimate of drug-likeness (QED) is 0.328. The lowest BCUT2D eigenvalue weighted by atomic mass is 10.2. The van der Waals surface area contributed by atoms with Gasteiger partial charge in [0.25, 0.3) is 0 Å². The first-order valence-corrected chi connectivity index (χ1v) is 7.78. The number of guanidine groups is 1. The van der Waals surface area contributed by atoms with Crippen molar-refractivity contribution in [2.24, 2.45) is 4.99 Å². The lowest BCUT2D eigenvalue weighted by Crippen LogP contribution is -2.39. The Labute approximate surface area is 129 Å². The van der Waals surface area contributed by atoms with Crippen molar-refractivity contribution >= 4 is 5.96 Å². The lowest BCUT2D eigenvalue weighted by Gasteiger charge is -2.22. The van der Waals surface area contributed by atoms with Crippen molar-refractivity contribution in [3.05, 3.63) is 42.7 Å². The largest absolute Gasteiger partial charge is 0.357 e. The van der Waals surface area contributed by atoms with Crippen molar-refractivity contribution in [1.29, 1.82) is 0 Å². The van der Waals surface area contributed by atoms with Gasteiger partial charge >= 0.3 is 0 Å². The van der Waals surface area contributed by atoms with Crippen LogP contribution >= 0.6 is 0 Å². The zero-order chi connectivity index (χ0) is 15.3. The minimum absolute atomic E-state index is 0.615. The van der Waals surface area contributed by atoms with E-state index in [1.165, 1.54) is 19.3 Å². The molecule has 0 unspecified atom stereocenters. The fourth-order valence-electron chi connectivity index (χ4n) is 2.04. The minimum atomic E-state index is 0.615. The smallest absolute Gasteiger partial charge is 0.194 e. The number of hydrogen-bond donors (Lipinski definition) is 1. The van der Waals surface area contributed by atoms with E-state index in [1.54, 1.807) is 6.20 Å². The van der Waals surface area contributed by atoms with Gasteiger partial charge in [0.05, 0.1) is 12.2 Å². The topological polar surface area (TPSA) is 40.5 Å². The first kappa shape index (κ1) is 17.2. The highest BCUT2D eigenvalue weighted by molar-refractivity contribution is 5.79. The summed E-state index contributed by atoms with van der Waals surface area (Å²) in [6.45, 7) is 8.36. The van der Waals surface area contributed by atoms with Crippen LogP contribution in [0.25, 0.3) is 0 Å². The maximum Gasteiger partial charge on any atom is 0.194 e. The van der Waals surface area contributed by atoms with Crippen molar-refractivity contribution in [2.75, 3.05) is 20.1 Å². The molecule has 0 aromatic carbocycles. The Kier molecular flexibility index (Phi) is 8.93. The van der Waals surface area contributed by atoms with Crippen molar-refractivity contribution in [3.8, 4) is 0 Å². The molecule has 0 aliphatic heterocycles. The zero-order valence-corrected chi connectivity index (χ0v) is 13.4. The minimum Gasteiger partial charge on any atom is -0.357 e. The van der Waals surface area contributed by atoms with Gasteiger partial charge in [-0.3, -0.25) is 4.98 Å². The summed E-state index contributed by atoms with van der Waals surface area (Å²) in [5, 5.41) is 3.34. The third-order valence-corrected chi connectivity index (χ3v) is 3.22. The van der Waals surface area contributed by atoms with E-state index < -0.39 is 0 Å². The van der Waals surface area contributed by atoms with Gasteiger partial charge in [0.15, 0.2) is 5.96 Å². The normalized spacial score (nSPS) is 11.2. The van der Waals surface area contributed by atoms with Crippen molar-refractivity contribution in [3.63, 3.8) is 0 Å². The number of aliphatic imine (C=N–C) groups is 1. The molecule has 1 N–H and O–H groups in total. The van der Waals surface area contributed by atoms with Crippen LogP contribution in [0.3, 0.4) is 0 Å². The second-order valence-corrected chi connectivity index (χ2v) is 5.05. The third-order valence-electron chi connectivity index (χ3n) is 3.22. The summed E-state index contributed by atoms with van der Waals surface area (Å²) in [7, 11) is 2.09. The number of hydrogen-bond acceptors (Lipinski definition) is 2. The Bertz CT molecular complexity index is 414. The van der Waals surface area contributed by atoms with Gasteiger partial charge in [-0.05, 0) is 38.3 Å². The number of rotatable bonds is 9. The second-order valence-electron chi connectivity index (χ2n) is 5.05. The molecule has 1 aromatic heterocycles. The molecule has 0 bridgehead atoms. The van der Waals surface area contributed by atoms with E-state index in [-0.39, 0.29) is 0 Å². The molecule has 1 aromatic rings. The van der Waals surface area contributed by atoms with Crippen LogP contribution in [0.5, 0.6) is 0 Å². The van der Waals surface area contributed by atoms with Crippen LogP contribution in [0.15, 0.2) is 42.0 Å². The van der Waals surface area contributed by atoms with E-state index in [1.807, 2.05) is 24.3 Å². The fourth-order valence-corrected chi connectivity index (χ4v) is 2.04. The molecule has 116 valence electrons. The molecule has 0 amide bonds. The molecule has 0 aliphatic rings. The summed E-state index contributed by atoms with van der Waals surface area (Å²) in [6.07, 6.45) is 8.54. The number of unbranched alkanes of at least 4 members (excludes halogenated alkanes) is 3. The Morgan fingerprint density at radius 2 is 2.24 bits per heavy atom. The van der Waals surface area contributed by atoms with Gasteiger partial charge < -0.3 is 10.2 Å². The molecule has 1 rings (SSSR count). The van der Waals surface area contributed by atoms with Gasteiger partial charge in [0, 0.05) is 26.3 Å². The van der Waals surface area contributed by atoms with E-state index in [4.69, 9.17) is 0 Å². The fraction of sp³-hybridized carbons (Fsp3) is 0.529. The molecule has 0 saturated carbocycles. The zero-order valence-electron chi connectivity index (χ0n) is 13.4. The highest BCUT2D eigenvalue weighted by Gasteiger charge is 2.05. The molecule has 0 spiro atoms. The molecule has 1 heterocycles. The molecule has 21 heavy (non-hydrogen) atoms. The monoisotopic (exact) mass is 288 g/mol. The van der Waals surface area contributed by atoms with Gasteiger partial charge in [0.2, 0.25) is 0 Å². The number of nitrogens with zero attached hydrogens (tertiary/aromatic N) is 3. The first-order chi connectivity index (χ1) is 10.3. The highest BCUT2D eigenvalue weighted by Crippen LogP contribution is 2.02. The van der Waals surface area contributed by atoms with Crippen LogP contribution in [-0.4, -0.2) is 36.0 Å². The molecule has 0 aliphatic carbocycles. The van der Waals surface area contributed by atoms with Gasteiger partial charge in [-0.1, -0.05) is 18.6 Å². The van der Waals surface area contributed by atoms with Crippen LogP contribution in [0, 0.1) is 0 Å². The van der Waals surface area contributed by atoms with Gasteiger partial charge in [-0.2, -0.15) is 0 Å². The van der Waals surface area contributed by atoms with Crippen LogP contribution in [0.1, 0.15) is 38.3 Å². The summed E-state index contributed by atoms with van der Waals surface area (Å²) in [5.41, 5.74) is 0.993. The Balaban J connectivity index is 2.44.